The number of benzene rings is 6. The molecule has 8 rings (SSSR count). The van der Waals surface area contributed by atoms with Crippen molar-refractivity contribution in [3.63, 3.8) is 0 Å². The van der Waals surface area contributed by atoms with Crippen LogP contribution in [0.5, 0.6) is 0 Å². The minimum Gasteiger partial charge on any atom is -0.147 e. The molecule has 302 valence electrons. The van der Waals surface area contributed by atoms with Gasteiger partial charge in [0.2, 0.25) is 0 Å². The Bertz CT molecular complexity index is 2460. The van der Waals surface area contributed by atoms with Gasteiger partial charge in [-0.25, -0.2) is 0 Å². The Hall–Kier alpha value is -3.42. The third-order valence-electron chi connectivity index (χ3n) is 12.1. The molecule has 2 aliphatic carbocycles. The van der Waals surface area contributed by atoms with Gasteiger partial charge in [-0.3, -0.25) is 0 Å². The molecule has 0 atom stereocenters. The van der Waals surface area contributed by atoms with Crippen LogP contribution >= 0.6 is 48.0 Å². The minimum atomic E-state index is -3.88. The molecule has 0 spiro atoms. The number of hydrogen-bond donors (Lipinski definition) is 0. The minimum absolute atomic E-state index is 0. The third-order valence-corrected chi connectivity index (χ3v) is 24.4. The Morgan fingerprint density at radius 1 is 0.542 bits per heavy atom. The van der Waals surface area contributed by atoms with E-state index in [1.54, 1.807) is 3.28 Å². The maximum atomic E-state index is 6.44. The van der Waals surface area contributed by atoms with Gasteiger partial charge in [-0.1, -0.05) is 0 Å². The largest absolute Gasteiger partial charge is 0.147 e. The topological polar surface area (TPSA) is 0 Å². The van der Waals surface area contributed by atoms with Gasteiger partial charge in [0, 0.05) is 0 Å². The fraction of sp³-hybridized carbons (Fsp3) is 0.222. The van der Waals surface area contributed by atoms with Crippen molar-refractivity contribution in [1.82, 2.24) is 0 Å². The first-order chi connectivity index (χ1) is 27.3. The van der Waals surface area contributed by atoms with E-state index in [1.165, 1.54) is 66.8 Å². The first kappa shape index (κ1) is 45.1. The van der Waals surface area contributed by atoms with E-state index in [9.17, 15) is 0 Å². The molecule has 2 aliphatic rings. The summed E-state index contributed by atoms with van der Waals surface area (Å²) in [5.74, 6) is 0. The second-order valence-corrected chi connectivity index (χ2v) is 28.4. The quantitative estimate of drug-likeness (QED) is 0.143. The molecular weight excluding hydrogens is 882 g/mol. The molecule has 6 aromatic rings. The van der Waals surface area contributed by atoms with E-state index < -0.39 is 19.3 Å². The fourth-order valence-corrected chi connectivity index (χ4v) is 21.8. The Balaban J connectivity index is 0.00000293. The van der Waals surface area contributed by atoms with E-state index in [0.29, 0.717) is 0 Å². The molecule has 6 aromatic carbocycles. The average molecular weight is 936 g/mol. The molecule has 0 saturated carbocycles. The second kappa shape index (κ2) is 18.3. The maximum absolute atomic E-state index is 6.44. The van der Waals surface area contributed by atoms with Gasteiger partial charge in [0.1, 0.15) is 0 Å². The summed E-state index contributed by atoms with van der Waals surface area (Å²) in [5, 5.41) is 1.55. The molecule has 0 aromatic heterocycles. The second-order valence-electron chi connectivity index (χ2n) is 18.0. The monoisotopic (exact) mass is 932 g/mol. The fourth-order valence-electron chi connectivity index (χ4n) is 9.16. The molecule has 0 bridgehead atoms. The van der Waals surface area contributed by atoms with Crippen molar-refractivity contribution in [2.75, 3.05) is 0 Å². The number of fused-ring (bicyclic) bond motifs is 3. The Morgan fingerprint density at radius 2 is 0.949 bits per heavy atom. The van der Waals surface area contributed by atoms with Gasteiger partial charge in [0.15, 0.2) is 0 Å². The molecule has 0 radical (unpaired) electrons. The first-order valence-electron chi connectivity index (χ1n) is 20.3. The van der Waals surface area contributed by atoms with Gasteiger partial charge in [0.05, 0.1) is 0 Å². The van der Waals surface area contributed by atoms with Crippen molar-refractivity contribution in [2.24, 2.45) is 0 Å². The first-order valence-corrected chi connectivity index (χ1v) is 26.6. The third kappa shape index (κ3) is 9.27. The standard InChI is InChI=1S/C33H33.2C8H7Cl.C5H5.2ClH.Zr/c1-32(2,3)30-20-26-24(18-28(30)22-13-9-7-10-14-22)17-25-19-29(23-15-11-8-12-16-23)31(21-27(25)26)33(4,5)6;2*1-2-7-3-5-8(9)6-4-7;1-2-4-5-3-1;;;/h7-21H,1-6H3;2*1,3-6H,2H2;1-3H,4H2;2*1H;. The zero-order valence-corrected chi connectivity index (χ0v) is 40.5. The Labute approximate surface area is 378 Å². The Kier molecular flexibility index (Phi) is 14.0. The molecule has 59 heavy (non-hydrogen) atoms. The van der Waals surface area contributed by atoms with Gasteiger partial charge in [-0.15, -0.1) is 24.8 Å². The van der Waals surface area contributed by atoms with E-state index in [1.807, 2.05) is 24.3 Å². The molecule has 0 N–H and O–H groups in total. The van der Waals surface area contributed by atoms with Gasteiger partial charge in [-0.2, -0.15) is 0 Å². The van der Waals surface area contributed by atoms with Crippen LogP contribution in [0.15, 0.2) is 155 Å². The maximum Gasteiger partial charge on any atom is -0.147 e. The predicted molar refractivity (Wildman–Crippen MR) is 261 cm³/mol. The average Bonchev–Trinajstić information content (AvgIpc) is 3.86. The molecule has 0 saturated heterocycles. The summed E-state index contributed by atoms with van der Waals surface area (Å²) in [6.07, 6.45) is 9.93. The van der Waals surface area contributed by atoms with E-state index >= 15 is 0 Å². The normalized spacial score (nSPS) is 13.3. The van der Waals surface area contributed by atoms with Crippen LogP contribution in [0.4, 0.5) is 0 Å². The molecule has 0 unspecified atom stereocenters. The summed E-state index contributed by atoms with van der Waals surface area (Å²) >= 11 is 9.00. The van der Waals surface area contributed by atoms with E-state index in [2.05, 4.69) is 176 Å². The van der Waals surface area contributed by atoms with E-state index in [0.717, 1.165) is 29.3 Å². The van der Waals surface area contributed by atoms with Crippen molar-refractivity contribution < 1.29 is 19.3 Å². The van der Waals surface area contributed by atoms with Crippen molar-refractivity contribution in [3.05, 3.63) is 198 Å². The number of halogens is 4. The number of allylic oxidation sites excluding steroid dienone is 4. The van der Waals surface area contributed by atoms with Crippen LogP contribution in [-0.4, -0.2) is 7.42 Å². The summed E-state index contributed by atoms with van der Waals surface area (Å²) in [4.78, 5) is 0. The Morgan fingerprint density at radius 3 is 1.31 bits per heavy atom. The SMILES string of the molecule is CC(C)(C)c1cc2c(cc1-c1ccccc1)[CH]([Zr](=[CH]Cc1ccc(Cl)cc1)(=[CH]Cc1ccc(Cl)cc1)[C]1=CC=CC1)c1cc(-c3ccccc3)c(C(C)(C)C)cc1-2.Cl.Cl. The number of hydrogen-bond acceptors (Lipinski definition) is 0. The zero-order chi connectivity index (χ0) is 40.0. The van der Waals surface area contributed by atoms with Crippen LogP contribution in [0.25, 0.3) is 33.4 Å². The van der Waals surface area contributed by atoms with Crippen molar-refractivity contribution in [2.45, 2.75) is 75.3 Å². The van der Waals surface area contributed by atoms with Crippen molar-refractivity contribution >= 4 is 55.4 Å². The summed E-state index contributed by atoms with van der Waals surface area (Å²) in [6.45, 7) is 14.2. The van der Waals surface area contributed by atoms with Crippen LogP contribution in [0.3, 0.4) is 0 Å². The molecule has 5 heteroatoms. The van der Waals surface area contributed by atoms with Crippen molar-refractivity contribution in [3.8, 4) is 33.4 Å². The smallest absolute Gasteiger partial charge is 0.147 e. The zero-order valence-electron chi connectivity index (χ0n) is 34.9. The van der Waals surface area contributed by atoms with Crippen LogP contribution < -0.4 is 0 Å². The summed E-state index contributed by atoms with van der Waals surface area (Å²) < 4.78 is 7.51. The van der Waals surface area contributed by atoms with E-state index in [4.69, 9.17) is 23.2 Å². The van der Waals surface area contributed by atoms with Crippen LogP contribution in [0.2, 0.25) is 10.0 Å². The van der Waals surface area contributed by atoms with E-state index in [-0.39, 0.29) is 39.3 Å². The van der Waals surface area contributed by atoms with Crippen LogP contribution in [0.1, 0.15) is 85.0 Å². The molecule has 0 heterocycles. The number of rotatable bonds is 8. The molecule has 0 amide bonds. The van der Waals surface area contributed by atoms with Crippen LogP contribution in [0, 0.1) is 0 Å². The molecule has 0 aliphatic heterocycles. The van der Waals surface area contributed by atoms with Gasteiger partial charge < -0.3 is 0 Å². The van der Waals surface area contributed by atoms with Gasteiger partial charge in [0.25, 0.3) is 0 Å². The summed E-state index contributed by atoms with van der Waals surface area (Å²) in [5.41, 5.74) is 16.2. The summed E-state index contributed by atoms with van der Waals surface area (Å²) in [6, 6.07) is 49.5. The predicted octanol–water partition coefficient (Wildman–Crippen LogP) is 15.9. The molecular formula is C54H54Cl4Zr. The molecule has 0 fully saturated rings. The van der Waals surface area contributed by atoms with Gasteiger partial charge in [-0.05, 0) is 0 Å². The molecule has 0 nitrogen and oxygen atoms in total. The van der Waals surface area contributed by atoms with Crippen LogP contribution in [-0.2, 0) is 43.0 Å². The van der Waals surface area contributed by atoms with Crippen molar-refractivity contribution in [1.29, 1.82) is 0 Å². The summed E-state index contributed by atoms with van der Waals surface area (Å²) in [7, 11) is 0. The van der Waals surface area contributed by atoms with Gasteiger partial charge >= 0.3 is 357 Å².